The van der Waals surface area contributed by atoms with Gasteiger partial charge in [0.25, 0.3) is 0 Å². The van der Waals surface area contributed by atoms with Crippen LogP contribution in [0.3, 0.4) is 0 Å². The van der Waals surface area contributed by atoms with Crippen LogP contribution < -0.4 is 0 Å². The van der Waals surface area contributed by atoms with Crippen molar-refractivity contribution in [2.24, 2.45) is 0 Å². The Morgan fingerprint density at radius 2 is 1.16 bits per heavy atom. The summed E-state index contributed by atoms with van der Waals surface area (Å²) in [6.07, 6.45) is 5.02. The molecule has 0 N–H and O–H groups in total. The van der Waals surface area contributed by atoms with Crippen LogP contribution in [-0.4, -0.2) is 64.3 Å². The second kappa shape index (κ2) is 11.7. The van der Waals surface area contributed by atoms with E-state index in [0.717, 1.165) is 8.97 Å². The molecule has 0 unspecified atom stereocenters. The molecule has 0 aromatic heterocycles. The topological polar surface area (TPSA) is 0 Å². The van der Waals surface area contributed by atoms with Crippen LogP contribution in [0.25, 0.3) is 0 Å². The Morgan fingerprint density at radius 1 is 0.720 bits per heavy atom. The molecule has 0 aliphatic heterocycles. The monoisotopic (exact) mass is 386 g/mol. The SMILES string of the molecule is C[N+](C)(C)CCC[c-]1[cH-][cH-][cH-][cH-]1.C[N+](C)(C)CCC[c-]1cccc1.[Fe]. The molecule has 3 heteroatoms. The van der Waals surface area contributed by atoms with Crippen LogP contribution in [-0.2, 0) is 29.9 Å². The third-order valence-electron chi connectivity index (χ3n) is 4.05. The number of hydrogen-bond acceptors (Lipinski definition) is 0. The minimum absolute atomic E-state index is 0. The van der Waals surface area contributed by atoms with Crippen LogP contribution in [0, 0.1) is 0 Å². The van der Waals surface area contributed by atoms with Gasteiger partial charge in [-0.3, -0.25) is 0 Å². The maximum absolute atomic E-state index is 2.24. The summed E-state index contributed by atoms with van der Waals surface area (Å²) in [4.78, 5) is 0. The molecule has 0 bridgehead atoms. The Hall–Kier alpha value is -0.861. The number of hydrogen-bond donors (Lipinski definition) is 0. The van der Waals surface area contributed by atoms with Gasteiger partial charge in [0.2, 0.25) is 0 Å². The van der Waals surface area contributed by atoms with Gasteiger partial charge in [-0.1, -0.05) is 6.42 Å². The number of rotatable bonds is 8. The summed E-state index contributed by atoms with van der Waals surface area (Å²) in [6, 6.07) is 17.3. The maximum Gasteiger partial charge on any atom is 0.0773 e. The average Bonchev–Trinajstić information content (AvgIpc) is 3.09. The van der Waals surface area contributed by atoms with E-state index < -0.39 is 0 Å². The fraction of sp³-hybridized carbons (Fsp3) is 0.545. The summed E-state index contributed by atoms with van der Waals surface area (Å²) in [5, 5.41) is 0. The van der Waals surface area contributed by atoms with Crippen molar-refractivity contribution in [2.75, 3.05) is 55.4 Å². The van der Waals surface area contributed by atoms with Crippen LogP contribution in [0.1, 0.15) is 24.0 Å². The molecule has 0 saturated heterocycles. The molecule has 0 amide bonds. The second-order valence-electron chi connectivity index (χ2n) is 8.82. The van der Waals surface area contributed by atoms with E-state index in [0.29, 0.717) is 0 Å². The van der Waals surface area contributed by atoms with Gasteiger partial charge < -0.3 is 38.8 Å². The first-order chi connectivity index (χ1) is 11.2. The van der Waals surface area contributed by atoms with E-state index in [1.807, 2.05) is 0 Å². The summed E-state index contributed by atoms with van der Waals surface area (Å²) in [5.41, 5.74) is 2.95. The fourth-order valence-corrected chi connectivity index (χ4v) is 2.68. The molecule has 148 valence electrons. The van der Waals surface area contributed by atoms with Gasteiger partial charge in [-0.05, 0) is 12.8 Å². The molecule has 2 nitrogen and oxygen atoms in total. The molecule has 0 radical (unpaired) electrons. The van der Waals surface area contributed by atoms with E-state index >= 15 is 0 Å². The molecule has 2 aromatic carbocycles. The first-order valence-electron chi connectivity index (χ1n) is 9.18. The molecular formula is C22H38FeN2-4. The second-order valence-corrected chi connectivity index (χ2v) is 8.82. The van der Waals surface area contributed by atoms with Gasteiger partial charge in [0.15, 0.2) is 0 Å². The standard InChI is InChI=1S/2C11H19N.Fe/c2*1-12(2,3)10-6-9-11-7-4-5-8-11;/h2*4-5,7-8H,6,9-10H2,1-3H3;/q;-4;. The van der Waals surface area contributed by atoms with Gasteiger partial charge in [-0.15, -0.1) is 0 Å². The number of nitrogens with zero attached hydrogens (tertiary/aromatic N) is 2. The molecule has 0 fully saturated rings. The quantitative estimate of drug-likeness (QED) is 0.364. The van der Waals surface area contributed by atoms with E-state index in [1.165, 1.54) is 49.9 Å². The Kier molecular flexibility index (Phi) is 11.3. The molecule has 0 aliphatic rings. The molecule has 2 aromatic rings. The summed E-state index contributed by atoms with van der Waals surface area (Å²) >= 11 is 0. The molecule has 2 rings (SSSR count). The zero-order chi connectivity index (χ0) is 18.1. The van der Waals surface area contributed by atoms with Gasteiger partial charge in [0, 0.05) is 17.1 Å². The predicted octanol–water partition coefficient (Wildman–Crippen LogP) is 4.09. The van der Waals surface area contributed by atoms with Crippen molar-refractivity contribution in [1.82, 2.24) is 0 Å². The summed E-state index contributed by atoms with van der Waals surface area (Å²) in [5.74, 6) is 0. The van der Waals surface area contributed by atoms with E-state index in [2.05, 4.69) is 90.8 Å². The normalized spacial score (nSPS) is 11.4. The Balaban J connectivity index is 0.000000443. The van der Waals surface area contributed by atoms with Crippen LogP contribution in [0.4, 0.5) is 0 Å². The molecule has 0 spiro atoms. The fourth-order valence-electron chi connectivity index (χ4n) is 2.68. The Morgan fingerprint density at radius 3 is 1.60 bits per heavy atom. The third-order valence-corrected chi connectivity index (χ3v) is 4.05. The van der Waals surface area contributed by atoms with Gasteiger partial charge in [-0.2, -0.15) is 17.7 Å². The number of quaternary nitrogens is 2. The Labute approximate surface area is 166 Å². The van der Waals surface area contributed by atoms with Crippen molar-refractivity contribution in [3.63, 3.8) is 0 Å². The van der Waals surface area contributed by atoms with Crippen molar-refractivity contribution in [1.29, 1.82) is 0 Å². The maximum atomic E-state index is 2.24. The molecule has 0 saturated carbocycles. The minimum Gasteiger partial charge on any atom is -0.748 e. The van der Waals surface area contributed by atoms with Crippen LogP contribution in [0.15, 0.2) is 48.5 Å². The van der Waals surface area contributed by atoms with E-state index in [9.17, 15) is 0 Å². The van der Waals surface area contributed by atoms with Crippen molar-refractivity contribution in [2.45, 2.75) is 25.7 Å². The molecular weight excluding hydrogens is 348 g/mol. The zero-order valence-electron chi connectivity index (χ0n) is 17.1. The van der Waals surface area contributed by atoms with Crippen molar-refractivity contribution < 1.29 is 26.0 Å². The van der Waals surface area contributed by atoms with E-state index in [4.69, 9.17) is 0 Å². The molecule has 0 heterocycles. The summed E-state index contributed by atoms with van der Waals surface area (Å²) in [7, 11) is 13.4. The average molecular weight is 386 g/mol. The van der Waals surface area contributed by atoms with Crippen LogP contribution >= 0.6 is 0 Å². The van der Waals surface area contributed by atoms with Gasteiger partial charge in [0.1, 0.15) is 0 Å². The smallest absolute Gasteiger partial charge is 0.0773 e. The first-order valence-corrected chi connectivity index (χ1v) is 9.18. The zero-order valence-corrected chi connectivity index (χ0v) is 18.2. The van der Waals surface area contributed by atoms with Gasteiger partial charge in [-0.25, -0.2) is 18.6 Å². The Bertz CT molecular complexity index is 463. The minimum atomic E-state index is 0. The molecule has 0 atom stereocenters. The predicted molar refractivity (Wildman–Crippen MR) is 107 cm³/mol. The summed E-state index contributed by atoms with van der Waals surface area (Å²) < 4.78 is 2.14. The largest absolute Gasteiger partial charge is 0.748 e. The van der Waals surface area contributed by atoms with Gasteiger partial charge >= 0.3 is 0 Å². The van der Waals surface area contributed by atoms with Crippen molar-refractivity contribution in [3.8, 4) is 0 Å². The van der Waals surface area contributed by atoms with E-state index in [1.54, 1.807) is 0 Å². The molecule has 25 heavy (non-hydrogen) atoms. The summed E-state index contributed by atoms with van der Waals surface area (Å²) in [6.45, 7) is 2.51. The van der Waals surface area contributed by atoms with Crippen molar-refractivity contribution in [3.05, 3.63) is 59.7 Å². The van der Waals surface area contributed by atoms with Crippen LogP contribution in [0.5, 0.6) is 0 Å². The van der Waals surface area contributed by atoms with Crippen molar-refractivity contribution >= 4 is 0 Å². The first kappa shape index (κ1) is 24.1. The third kappa shape index (κ3) is 14.0. The van der Waals surface area contributed by atoms with E-state index in [-0.39, 0.29) is 17.1 Å². The van der Waals surface area contributed by atoms with Gasteiger partial charge in [0.05, 0.1) is 55.4 Å². The number of aryl methyl sites for hydroxylation is 2. The van der Waals surface area contributed by atoms with Crippen LogP contribution in [0.2, 0.25) is 0 Å². The molecule has 0 aliphatic carbocycles.